The molecule has 3 rings (SSSR count). The van der Waals surface area contributed by atoms with E-state index in [1.54, 1.807) is 0 Å². The van der Waals surface area contributed by atoms with Crippen molar-refractivity contribution < 1.29 is 4.79 Å². The zero-order valence-corrected chi connectivity index (χ0v) is 14.6. The van der Waals surface area contributed by atoms with Gasteiger partial charge in [-0.05, 0) is 28.7 Å². The summed E-state index contributed by atoms with van der Waals surface area (Å²) in [7, 11) is 0. The fraction of sp³-hybridized carbons (Fsp3) is 0.238. The van der Waals surface area contributed by atoms with Gasteiger partial charge in [-0.25, -0.2) is 4.98 Å². The number of amides is 1. The lowest BCUT2D eigenvalue weighted by atomic mass is 9.86. The fourth-order valence-corrected chi connectivity index (χ4v) is 2.75. The van der Waals surface area contributed by atoms with Crippen molar-refractivity contribution in [2.24, 2.45) is 0 Å². The summed E-state index contributed by atoms with van der Waals surface area (Å²) >= 11 is 0. The third-order valence-corrected chi connectivity index (χ3v) is 4.08. The van der Waals surface area contributed by atoms with Gasteiger partial charge in [-0.1, -0.05) is 63.2 Å². The summed E-state index contributed by atoms with van der Waals surface area (Å²) in [5, 5.41) is 3.92. The largest absolute Gasteiger partial charge is 0.310 e. The van der Waals surface area contributed by atoms with Crippen molar-refractivity contribution in [2.75, 3.05) is 5.32 Å². The van der Waals surface area contributed by atoms with Crippen LogP contribution < -0.4 is 5.32 Å². The van der Waals surface area contributed by atoms with E-state index in [4.69, 9.17) is 0 Å². The van der Waals surface area contributed by atoms with E-state index in [0.29, 0.717) is 5.82 Å². The van der Waals surface area contributed by atoms with Crippen molar-refractivity contribution in [3.63, 3.8) is 0 Å². The van der Waals surface area contributed by atoms with Crippen LogP contribution in [0.2, 0.25) is 0 Å². The molecule has 122 valence electrons. The number of carbonyl (C=O) groups excluding carboxylic acids is 1. The monoisotopic (exact) mass is 318 g/mol. The Hall–Kier alpha value is -2.68. The highest BCUT2D eigenvalue weighted by Gasteiger charge is 2.15. The molecule has 0 aliphatic carbocycles. The van der Waals surface area contributed by atoms with Gasteiger partial charge in [0.25, 0.3) is 0 Å². The third kappa shape index (κ3) is 3.30. The highest BCUT2D eigenvalue weighted by Crippen LogP contribution is 2.32. The molecule has 0 saturated heterocycles. The van der Waals surface area contributed by atoms with Crippen LogP contribution in [0.3, 0.4) is 0 Å². The van der Waals surface area contributed by atoms with E-state index in [0.717, 1.165) is 22.0 Å². The molecule has 24 heavy (non-hydrogen) atoms. The molecule has 0 spiro atoms. The number of nitrogens with one attached hydrogen (secondary N) is 1. The molecular formula is C21H22N2O. The number of rotatable bonds is 2. The predicted octanol–water partition coefficient (Wildman–Crippen LogP) is 5.16. The van der Waals surface area contributed by atoms with E-state index in [2.05, 4.69) is 61.4 Å². The maximum Gasteiger partial charge on any atom is 0.222 e. The van der Waals surface area contributed by atoms with Crippen molar-refractivity contribution in [1.82, 2.24) is 4.98 Å². The maximum absolute atomic E-state index is 11.6. The maximum atomic E-state index is 11.6. The number of hydrogen-bond acceptors (Lipinski definition) is 2. The Balaban J connectivity index is 2.14. The Bertz CT molecular complexity index is 890. The molecule has 3 nitrogen and oxygen atoms in total. The summed E-state index contributed by atoms with van der Waals surface area (Å²) in [6.45, 7) is 8.09. The number of para-hydroxylation sites is 1. The Morgan fingerprint density at radius 1 is 1.00 bits per heavy atom. The van der Waals surface area contributed by atoms with Gasteiger partial charge in [-0.15, -0.1) is 0 Å². The molecule has 1 N–H and O–H groups in total. The van der Waals surface area contributed by atoms with Gasteiger partial charge in [0, 0.05) is 17.9 Å². The van der Waals surface area contributed by atoms with Crippen molar-refractivity contribution in [3.05, 3.63) is 60.2 Å². The smallest absolute Gasteiger partial charge is 0.222 e. The normalized spacial score (nSPS) is 11.5. The van der Waals surface area contributed by atoms with Crippen LogP contribution in [0.25, 0.3) is 22.0 Å². The van der Waals surface area contributed by atoms with E-state index in [1.165, 1.54) is 12.5 Å². The van der Waals surface area contributed by atoms with Crippen LogP contribution in [0.5, 0.6) is 0 Å². The molecule has 0 saturated carbocycles. The molecule has 1 aromatic heterocycles. The Morgan fingerprint density at radius 3 is 2.29 bits per heavy atom. The Kier molecular flexibility index (Phi) is 4.10. The molecular weight excluding hydrogens is 296 g/mol. The molecule has 3 aromatic rings. The van der Waals surface area contributed by atoms with Crippen LogP contribution in [0, 0.1) is 0 Å². The molecule has 0 aliphatic rings. The van der Waals surface area contributed by atoms with Gasteiger partial charge in [-0.3, -0.25) is 4.79 Å². The predicted molar refractivity (Wildman–Crippen MR) is 100 cm³/mol. The van der Waals surface area contributed by atoms with Crippen LogP contribution >= 0.6 is 0 Å². The molecule has 1 heterocycles. The first-order chi connectivity index (χ1) is 11.3. The second-order valence-corrected chi connectivity index (χ2v) is 7.09. The number of fused-ring (bicyclic) bond motifs is 1. The van der Waals surface area contributed by atoms with Gasteiger partial charge in [0.1, 0.15) is 5.82 Å². The second-order valence-electron chi connectivity index (χ2n) is 7.09. The summed E-state index contributed by atoms with van der Waals surface area (Å²) in [6.07, 6.45) is 0. The van der Waals surface area contributed by atoms with Crippen LogP contribution in [-0.2, 0) is 10.2 Å². The fourth-order valence-electron chi connectivity index (χ4n) is 2.75. The van der Waals surface area contributed by atoms with Crippen molar-refractivity contribution in [3.8, 4) is 11.1 Å². The second kappa shape index (κ2) is 6.08. The van der Waals surface area contributed by atoms with Gasteiger partial charge >= 0.3 is 0 Å². The van der Waals surface area contributed by atoms with Gasteiger partial charge in [-0.2, -0.15) is 0 Å². The summed E-state index contributed by atoms with van der Waals surface area (Å²) in [5.74, 6) is 0.482. The SMILES string of the molecule is CC(=O)Nc1nc2ccccc2cc1-c1ccc(C(C)(C)C)cc1. The lowest BCUT2D eigenvalue weighted by Gasteiger charge is -2.19. The van der Waals surface area contributed by atoms with Gasteiger partial charge < -0.3 is 5.32 Å². The highest BCUT2D eigenvalue weighted by atomic mass is 16.1. The molecule has 0 atom stereocenters. The van der Waals surface area contributed by atoms with Crippen molar-refractivity contribution in [1.29, 1.82) is 0 Å². The number of nitrogens with zero attached hydrogens (tertiary/aromatic N) is 1. The zero-order chi connectivity index (χ0) is 17.3. The average Bonchev–Trinajstić information content (AvgIpc) is 2.53. The molecule has 0 aliphatic heterocycles. The van der Waals surface area contributed by atoms with E-state index in [1.807, 2.05) is 24.3 Å². The molecule has 3 heteroatoms. The molecule has 1 amide bonds. The van der Waals surface area contributed by atoms with Gasteiger partial charge in [0.15, 0.2) is 0 Å². The quantitative estimate of drug-likeness (QED) is 0.709. The molecule has 0 unspecified atom stereocenters. The molecule has 0 bridgehead atoms. The van der Waals surface area contributed by atoms with E-state index in [-0.39, 0.29) is 11.3 Å². The van der Waals surface area contributed by atoms with E-state index in [9.17, 15) is 4.79 Å². The zero-order valence-electron chi connectivity index (χ0n) is 14.6. The lowest BCUT2D eigenvalue weighted by molar-refractivity contribution is -0.114. The average molecular weight is 318 g/mol. The first kappa shape index (κ1) is 16.2. The minimum atomic E-state index is -0.120. The van der Waals surface area contributed by atoms with E-state index < -0.39 is 0 Å². The third-order valence-electron chi connectivity index (χ3n) is 4.08. The number of aromatic nitrogens is 1. The standard InChI is InChI=1S/C21H22N2O/c1-14(24)22-20-18(13-16-7-5-6-8-19(16)23-20)15-9-11-17(12-10-15)21(2,3)4/h5-13H,1-4H3,(H,22,23,24). The number of carbonyl (C=O) groups is 1. The number of pyridine rings is 1. The highest BCUT2D eigenvalue weighted by molar-refractivity contribution is 5.96. The number of anilines is 1. The lowest BCUT2D eigenvalue weighted by Crippen LogP contribution is -2.11. The summed E-state index contributed by atoms with van der Waals surface area (Å²) in [6, 6.07) is 18.5. The van der Waals surface area contributed by atoms with E-state index >= 15 is 0 Å². The Morgan fingerprint density at radius 2 is 1.67 bits per heavy atom. The van der Waals surface area contributed by atoms with Crippen molar-refractivity contribution >= 4 is 22.6 Å². The minimum Gasteiger partial charge on any atom is -0.310 e. The molecule has 0 fully saturated rings. The van der Waals surface area contributed by atoms with Gasteiger partial charge in [0.05, 0.1) is 5.52 Å². The Labute approximate surface area is 142 Å². The number of hydrogen-bond donors (Lipinski definition) is 1. The van der Waals surface area contributed by atoms with Crippen LogP contribution in [-0.4, -0.2) is 10.9 Å². The van der Waals surface area contributed by atoms with Crippen LogP contribution in [0.15, 0.2) is 54.6 Å². The summed E-state index contributed by atoms with van der Waals surface area (Å²) < 4.78 is 0. The van der Waals surface area contributed by atoms with Crippen molar-refractivity contribution in [2.45, 2.75) is 33.1 Å². The van der Waals surface area contributed by atoms with Crippen LogP contribution in [0.4, 0.5) is 5.82 Å². The molecule has 0 radical (unpaired) electrons. The van der Waals surface area contributed by atoms with Crippen LogP contribution in [0.1, 0.15) is 33.3 Å². The summed E-state index contributed by atoms with van der Waals surface area (Å²) in [5.41, 5.74) is 4.24. The number of benzene rings is 2. The minimum absolute atomic E-state index is 0.112. The first-order valence-electron chi connectivity index (χ1n) is 8.13. The molecule has 2 aromatic carbocycles. The topological polar surface area (TPSA) is 42.0 Å². The van der Waals surface area contributed by atoms with Gasteiger partial charge in [0.2, 0.25) is 5.91 Å². The summed E-state index contributed by atoms with van der Waals surface area (Å²) in [4.78, 5) is 16.2. The first-order valence-corrected chi connectivity index (χ1v) is 8.13.